The number of carbonyl (C=O) groups excluding carboxylic acids is 3. The third-order valence-corrected chi connectivity index (χ3v) is 4.22. The van der Waals surface area contributed by atoms with Crippen LogP contribution in [0.5, 0.6) is 0 Å². The predicted octanol–water partition coefficient (Wildman–Crippen LogP) is 1.65. The summed E-state index contributed by atoms with van der Waals surface area (Å²) in [4.78, 5) is 38.5. The van der Waals surface area contributed by atoms with Gasteiger partial charge in [-0.2, -0.15) is 0 Å². The largest absolute Gasteiger partial charge is 0.333 e. The van der Waals surface area contributed by atoms with Gasteiger partial charge in [-0.3, -0.25) is 14.5 Å². The van der Waals surface area contributed by atoms with Crippen LogP contribution >= 0.6 is 11.8 Å². The Morgan fingerprint density at radius 1 is 1.25 bits per heavy atom. The molecule has 2 saturated heterocycles. The van der Waals surface area contributed by atoms with Gasteiger partial charge in [0.25, 0.3) is 5.24 Å². The van der Waals surface area contributed by atoms with Gasteiger partial charge < -0.3 is 10.2 Å². The van der Waals surface area contributed by atoms with Crippen molar-refractivity contribution in [3.05, 3.63) is 0 Å². The number of hydrogen-bond donors (Lipinski definition) is 1. The molecule has 2 fully saturated rings. The van der Waals surface area contributed by atoms with Crippen molar-refractivity contribution in [3.63, 3.8) is 0 Å². The molecule has 0 radical (unpaired) electrons. The van der Waals surface area contributed by atoms with Gasteiger partial charge >= 0.3 is 6.03 Å². The molecule has 0 aromatic carbocycles. The summed E-state index contributed by atoms with van der Waals surface area (Å²) in [5.74, 6) is 0.154. The third-order valence-electron chi connectivity index (χ3n) is 3.38. The van der Waals surface area contributed by atoms with Gasteiger partial charge in [-0.15, -0.1) is 0 Å². The summed E-state index contributed by atoms with van der Waals surface area (Å²) in [6, 6.07) is -0.131. The molecule has 2 rings (SSSR count). The van der Waals surface area contributed by atoms with Crippen LogP contribution in [0.1, 0.15) is 33.6 Å². The van der Waals surface area contributed by atoms with E-state index in [9.17, 15) is 14.4 Å². The van der Waals surface area contributed by atoms with Crippen molar-refractivity contribution in [1.29, 1.82) is 0 Å². The highest BCUT2D eigenvalue weighted by Crippen LogP contribution is 2.26. The van der Waals surface area contributed by atoms with Crippen molar-refractivity contribution in [3.8, 4) is 0 Å². The fourth-order valence-electron chi connectivity index (χ4n) is 2.44. The van der Waals surface area contributed by atoms with E-state index in [4.69, 9.17) is 0 Å². The number of piperidine rings is 1. The van der Waals surface area contributed by atoms with Gasteiger partial charge in [-0.1, -0.05) is 11.8 Å². The Hall–Kier alpha value is -1.24. The van der Waals surface area contributed by atoms with Crippen LogP contribution in [0.25, 0.3) is 0 Å². The maximum absolute atomic E-state index is 12.0. The topological polar surface area (TPSA) is 69.7 Å². The van der Waals surface area contributed by atoms with Gasteiger partial charge in [0.1, 0.15) is 0 Å². The molecule has 2 heterocycles. The number of rotatable bonds is 1. The van der Waals surface area contributed by atoms with E-state index < -0.39 is 0 Å². The van der Waals surface area contributed by atoms with Crippen LogP contribution in [0.4, 0.5) is 9.59 Å². The van der Waals surface area contributed by atoms with E-state index in [2.05, 4.69) is 5.32 Å². The number of nitrogens with one attached hydrogen (secondary N) is 1. The molecule has 0 aromatic heterocycles. The smallest absolute Gasteiger partial charge is 0.317 e. The lowest BCUT2D eigenvalue weighted by molar-refractivity contribution is -0.126. The summed E-state index contributed by atoms with van der Waals surface area (Å²) < 4.78 is 0. The van der Waals surface area contributed by atoms with Crippen LogP contribution in [0.2, 0.25) is 0 Å². The monoisotopic (exact) mass is 299 g/mol. The molecule has 2 aliphatic heterocycles. The van der Waals surface area contributed by atoms with Crippen molar-refractivity contribution >= 4 is 28.9 Å². The minimum atomic E-state index is -0.258. The van der Waals surface area contributed by atoms with Gasteiger partial charge in [0.05, 0.1) is 5.75 Å². The molecule has 7 heteroatoms. The van der Waals surface area contributed by atoms with Gasteiger partial charge in [-0.05, 0) is 33.6 Å². The number of likely N-dealkylation sites (tertiary alicyclic amines) is 1. The van der Waals surface area contributed by atoms with Crippen LogP contribution in [0.3, 0.4) is 0 Å². The molecule has 0 spiro atoms. The molecular weight excluding hydrogens is 278 g/mol. The number of carbonyl (C=O) groups is 3. The fourth-order valence-corrected chi connectivity index (χ4v) is 3.22. The van der Waals surface area contributed by atoms with Crippen LogP contribution < -0.4 is 5.32 Å². The summed E-state index contributed by atoms with van der Waals surface area (Å²) in [5.41, 5.74) is -0.258. The number of hydrogen-bond acceptors (Lipinski definition) is 4. The molecule has 0 bridgehead atoms. The summed E-state index contributed by atoms with van der Waals surface area (Å²) in [5, 5.41) is 2.78. The zero-order valence-corrected chi connectivity index (χ0v) is 13.0. The molecule has 20 heavy (non-hydrogen) atoms. The first-order valence-corrected chi connectivity index (χ1v) is 7.82. The van der Waals surface area contributed by atoms with Gasteiger partial charge in [0.15, 0.2) is 0 Å². The number of imide groups is 1. The summed E-state index contributed by atoms with van der Waals surface area (Å²) in [6.45, 7) is 6.98. The maximum atomic E-state index is 12.0. The van der Waals surface area contributed by atoms with Gasteiger partial charge in [-0.25, -0.2) is 4.79 Å². The molecule has 0 unspecified atom stereocenters. The average molecular weight is 299 g/mol. The van der Waals surface area contributed by atoms with Gasteiger partial charge in [0, 0.05) is 24.7 Å². The standard InChI is InChI=1S/C13H21N3O3S/c1-13(2,3)14-11(18)15-6-4-9(5-7-15)16-10(17)8-20-12(16)19/h9H,4-8H2,1-3H3,(H,14,18). The number of amides is 4. The molecule has 4 amide bonds. The van der Waals surface area contributed by atoms with E-state index in [1.165, 1.54) is 4.90 Å². The molecular formula is C13H21N3O3S. The molecule has 2 aliphatic rings. The second-order valence-corrected chi connectivity index (χ2v) is 7.14. The van der Waals surface area contributed by atoms with Crippen molar-refractivity contribution in [2.75, 3.05) is 18.8 Å². The highest BCUT2D eigenvalue weighted by molar-refractivity contribution is 8.14. The van der Waals surface area contributed by atoms with Crippen molar-refractivity contribution in [2.45, 2.75) is 45.2 Å². The SMILES string of the molecule is CC(C)(C)NC(=O)N1CCC(N2C(=O)CSC2=O)CC1. The molecule has 0 aliphatic carbocycles. The summed E-state index contributed by atoms with van der Waals surface area (Å²) >= 11 is 1.07. The quantitative estimate of drug-likeness (QED) is 0.799. The first-order chi connectivity index (χ1) is 9.28. The van der Waals surface area contributed by atoms with Crippen LogP contribution in [0, 0.1) is 0 Å². The van der Waals surface area contributed by atoms with Gasteiger partial charge in [0.2, 0.25) is 5.91 Å². The zero-order chi connectivity index (χ0) is 14.9. The van der Waals surface area contributed by atoms with E-state index >= 15 is 0 Å². The Labute approximate surface area is 123 Å². The Balaban J connectivity index is 1.88. The third kappa shape index (κ3) is 3.45. The Morgan fingerprint density at radius 3 is 2.30 bits per heavy atom. The number of thioether (sulfide) groups is 1. The predicted molar refractivity (Wildman–Crippen MR) is 77.6 cm³/mol. The van der Waals surface area contributed by atoms with E-state index in [1.54, 1.807) is 4.90 Å². The first kappa shape index (κ1) is 15.2. The van der Waals surface area contributed by atoms with E-state index in [0.29, 0.717) is 25.9 Å². The first-order valence-electron chi connectivity index (χ1n) is 6.84. The number of nitrogens with zero attached hydrogens (tertiary/aromatic N) is 2. The minimum absolute atomic E-state index is 0.0521. The zero-order valence-electron chi connectivity index (χ0n) is 12.1. The second kappa shape index (κ2) is 5.63. The van der Waals surface area contributed by atoms with E-state index in [-0.39, 0.29) is 34.5 Å². The van der Waals surface area contributed by atoms with E-state index in [0.717, 1.165) is 11.8 Å². The molecule has 1 N–H and O–H groups in total. The molecule has 0 atom stereocenters. The Kier molecular flexibility index (Phi) is 4.27. The highest BCUT2D eigenvalue weighted by Gasteiger charge is 2.38. The van der Waals surface area contributed by atoms with Crippen molar-refractivity contribution in [2.24, 2.45) is 0 Å². The minimum Gasteiger partial charge on any atom is -0.333 e. The summed E-state index contributed by atoms with van der Waals surface area (Å²) in [6.07, 6.45) is 1.32. The fraction of sp³-hybridized carbons (Fsp3) is 0.769. The lowest BCUT2D eigenvalue weighted by Crippen LogP contribution is -2.53. The Bertz CT molecular complexity index is 409. The van der Waals surface area contributed by atoms with Crippen LogP contribution in [-0.2, 0) is 4.79 Å². The Morgan fingerprint density at radius 2 is 1.85 bits per heavy atom. The molecule has 112 valence electrons. The lowest BCUT2D eigenvalue weighted by atomic mass is 10.0. The van der Waals surface area contributed by atoms with Crippen LogP contribution in [0.15, 0.2) is 0 Å². The molecule has 6 nitrogen and oxygen atoms in total. The van der Waals surface area contributed by atoms with E-state index in [1.807, 2.05) is 20.8 Å². The molecule has 0 aromatic rings. The van der Waals surface area contributed by atoms with Crippen LogP contribution in [-0.4, -0.2) is 57.4 Å². The second-order valence-electron chi connectivity index (χ2n) is 6.22. The van der Waals surface area contributed by atoms with Crippen molar-refractivity contribution in [1.82, 2.24) is 15.1 Å². The number of urea groups is 1. The normalized spacial score (nSPS) is 21.6. The lowest BCUT2D eigenvalue weighted by Gasteiger charge is -2.36. The highest BCUT2D eigenvalue weighted by atomic mass is 32.2. The summed E-state index contributed by atoms with van der Waals surface area (Å²) in [7, 11) is 0. The average Bonchev–Trinajstić information content (AvgIpc) is 2.67. The van der Waals surface area contributed by atoms with Crippen molar-refractivity contribution < 1.29 is 14.4 Å². The maximum Gasteiger partial charge on any atom is 0.317 e. The molecule has 0 saturated carbocycles.